The number of nitrogens with zero attached hydrogens (tertiary/aromatic N) is 3. The molecule has 1 aliphatic heterocycles. The van der Waals surface area contributed by atoms with Gasteiger partial charge >= 0.3 is 0 Å². The zero-order valence-corrected chi connectivity index (χ0v) is 20.1. The molecule has 0 radical (unpaired) electrons. The van der Waals surface area contributed by atoms with Crippen LogP contribution in [0.1, 0.15) is 32.9 Å². The number of fused-ring (bicyclic) bond motifs is 1. The summed E-state index contributed by atoms with van der Waals surface area (Å²) >= 11 is 0. The summed E-state index contributed by atoms with van der Waals surface area (Å²) < 4.78 is 17.0. The maximum atomic E-state index is 13.4. The number of aryl methyl sites for hydroxylation is 2. The van der Waals surface area contributed by atoms with Gasteiger partial charge in [-0.3, -0.25) is 9.78 Å². The fourth-order valence-electron chi connectivity index (χ4n) is 4.61. The van der Waals surface area contributed by atoms with Crippen LogP contribution in [0, 0.1) is 19.8 Å². The lowest BCUT2D eigenvalue weighted by atomic mass is 9.96. The van der Waals surface area contributed by atoms with Crippen molar-refractivity contribution in [2.24, 2.45) is 5.92 Å². The number of carbonyl (C=O) groups excluding carboxylic acids is 1. The van der Waals surface area contributed by atoms with E-state index >= 15 is 0 Å². The van der Waals surface area contributed by atoms with Gasteiger partial charge in [-0.1, -0.05) is 29.4 Å². The van der Waals surface area contributed by atoms with Crippen molar-refractivity contribution < 1.29 is 18.8 Å². The largest absolute Gasteiger partial charge is 0.489 e. The highest BCUT2D eigenvalue weighted by molar-refractivity contribution is 5.94. The van der Waals surface area contributed by atoms with Gasteiger partial charge < -0.3 is 18.9 Å². The smallest absolute Gasteiger partial charge is 0.254 e. The highest BCUT2D eigenvalue weighted by Gasteiger charge is 2.24. The van der Waals surface area contributed by atoms with Crippen LogP contribution in [0.2, 0.25) is 0 Å². The molecular formula is C28H29N3O4. The van der Waals surface area contributed by atoms with E-state index in [9.17, 15) is 4.79 Å². The van der Waals surface area contributed by atoms with E-state index in [2.05, 4.69) is 22.3 Å². The Morgan fingerprint density at radius 1 is 1.14 bits per heavy atom. The third kappa shape index (κ3) is 5.20. The first-order valence-corrected chi connectivity index (χ1v) is 11.9. The first-order chi connectivity index (χ1) is 17.1. The minimum atomic E-state index is -0.0112. The molecule has 3 heterocycles. The maximum absolute atomic E-state index is 13.4. The molecule has 0 N–H and O–H groups in total. The molecule has 5 rings (SSSR count). The van der Waals surface area contributed by atoms with Gasteiger partial charge in [0, 0.05) is 36.2 Å². The Bertz CT molecular complexity index is 1310. The molecule has 1 fully saturated rings. The van der Waals surface area contributed by atoms with E-state index in [0.29, 0.717) is 44.2 Å². The molecule has 0 saturated carbocycles. The molecule has 0 bridgehead atoms. The standard InChI is InChI=1S/C28H29N3O4/c1-19-26(20(2)35-30-19)18-34-24-8-3-7-23(15-24)28(32)31-12-13-33-17-21(16-31)14-22-6-4-10-27-25(22)9-5-11-29-27/h3-11,15,21H,12-14,16-18H2,1-2H3/t21-/m1/s1. The highest BCUT2D eigenvalue weighted by atomic mass is 16.5. The first-order valence-electron chi connectivity index (χ1n) is 11.9. The van der Waals surface area contributed by atoms with Crippen molar-refractivity contribution in [1.29, 1.82) is 0 Å². The number of ether oxygens (including phenoxy) is 2. The minimum Gasteiger partial charge on any atom is -0.489 e. The number of aromatic nitrogens is 2. The Hall–Kier alpha value is -3.71. The topological polar surface area (TPSA) is 77.7 Å². The zero-order valence-electron chi connectivity index (χ0n) is 20.1. The van der Waals surface area contributed by atoms with Crippen molar-refractivity contribution in [2.75, 3.05) is 26.3 Å². The fourth-order valence-corrected chi connectivity index (χ4v) is 4.61. The lowest BCUT2D eigenvalue weighted by molar-refractivity contribution is 0.0737. The molecule has 7 heteroatoms. The van der Waals surface area contributed by atoms with Crippen LogP contribution < -0.4 is 4.74 Å². The van der Waals surface area contributed by atoms with Crippen LogP contribution in [0.3, 0.4) is 0 Å². The van der Waals surface area contributed by atoms with Crippen molar-refractivity contribution in [3.8, 4) is 5.75 Å². The van der Waals surface area contributed by atoms with E-state index in [1.54, 1.807) is 6.07 Å². The van der Waals surface area contributed by atoms with Gasteiger partial charge in [0.05, 0.1) is 30.0 Å². The number of benzene rings is 2. The lowest BCUT2D eigenvalue weighted by Gasteiger charge is -2.24. The zero-order chi connectivity index (χ0) is 24.2. The Morgan fingerprint density at radius 3 is 2.89 bits per heavy atom. The van der Waals surface area contributed by atoms with Crippen molar-refractivity contribution in [3.05, 3.63) is 88.9 Å². The number of carbonyl (C=O) groups is 1. The average Bonchev–Trinajstić information content (AvgIpc) is 3.06. The Morgan fingerprint density at radius 2 is 2.03 bits per heavy atom. The number of amides is 1. The van der Waals surface area contributed by atoms with Crippen LogP contribution >= 0.6 is 0 Å². The summed E-state index contributed by atoms with van der Waals surface area (Å²) in [5.41, 5.74) is 4.57. The molecule has 1 saturated heterocycles. The summed E-state index contributed by atoms with van der Waals surface area (Å²) in [6, 6.07) is 17.6. The second-order valence-corrected chi connectivity index (χ2v) is 9.00. The van der Waals surface area contributed by atoms with E-state index in [4.69, 9.17) is 14.0 Å². The molecule has 2 aromatic heterocycles. The number of hydrogen-bond acceptors (Lipinski definition) is 6. The van der Waals surface area contributed by atoms with E-state index in [1.807, 2.05) is 61.3 Å². The van der Waals surface area contributed by atoms with E-state index in [1.165, 1.54) is 5.56 Å². The summed E-state index contributed by atoms with van der Waals surface area (Å²) in [4.78, 5) is 19.8. The number of rotatable bonds is 6. The lowest BCUT2D eigenvalue weighted by Crippen LogP contribution is -2.36. The van der Waals surface area contributed by atoms with Crippen LogP contribution in [0.4, 0.5) is 0 Å². The van der Waals surface area contributed by atoms with Gasteiger partial charge in [0.2, 0.25) is 0 Å². The highest BCUT2D eigenvalue weighted by Crippen LogP contribution is 2.23. The van der Waals surface area contributed by atoms with Crippen LogP contribution in [0.15, 0.2) is 65.3 Å². The van der Waals surface area contributed by atoms with Gasteiger partial charge in [0.25, 0.3) is 5.91 Å². The third-order valence-electron chi connectivity index (χ3n) is 6.51. The van der Waals surface area contributed by atoms with Crippen molar-refractivity contribution in [3.63, 3.8) is 0 Å². The summed E-state index contributed by atoms with van der Waals surface area (Å²) in [5, 5.41) is 5.12. The molecule has 35 heavy (non-hydrogen) atoms. The summed E-state index contributed by atoms with van der Waals surface area (Å²) in [5.74, 6) is 1.57. The summed E-state index contributed by atoms with van der Waals surface area (Å²) in [6.07, 6.45) is 2.64. The predicted octanol–water partition coefficient (Wildman–Crippen LogP) is 4.75. The molecule has 1 aliphatic rings. The molecule has 0 aliphatic carbocycles. The average molecular weight is 472 g/mol. The quantitative estimate of drug-likeness (QED) is 0.404. The number of hydrogen-bond donors (Lipinski definition) is 0. The van der Waals surface area contributed by atoms with E-state index in [-0.39, 0.29) is 11.8 Å². The van der Waals surface area contributed by atoms with Crippen molar-refractivity contribution in [1.82, 2.24) is 15.0 Å². The number of pyridine rings is 1. The Labute approximate surface area is 204 Å². The van der Waals surface area contributed by atoms with Crippen molar-refractivity contribution in [2.45, 2.75) is 26.9 Å². The molecule has 1 atom stereocenters. The molecule has 1 amide bonds. The van der Waals surface area contributed by atoms with Gasteiger partial charge in [-0.25, -0.2) is 0 Å². The van der Waals surface area contributed by atoms with Gasteiger partial charge in [-0.2, -0.15) is 0 Å². The molecule has 2 aromatic carbocycles. The fraction of sp³-hybridized carbons (Fsp3) is 0.321. The van der Waals surface area contributed by atoms with Gasteiger partial charge in [0.1, 0.15) is 18.1 Å². The predicted molar refractivity (Wildman–Crippen MR) is 132 cm³/mol. The van der Waals surface area contributed by atoms with E-state index < -0.39 is 0 Å². The molecule has 180 valence electrons. The second-order valence-electron chi connectivity index (χ2n) is 9.00. The SMILES string of the molecule is Cc1noc(C)c1COc1cccc(C(=O)N2CCOC[C@H](Cc3cccc4ncccc34)C2)c1. The summed E-state index contributed by atoms with van der Waals surface area (Å²) in [6.45, 7) is 6.46. The van der Waals surface area contributed by atoms with Gasteiger partial charge in [0.15, 0.2) is 0 Å². The molecule has 7 nitrogen and oxygen atoms in total. The Kier molecular flexibility index (Phi) is 6.77. The molecular weight excluding hydrogens is 442 g/mol. The van der Waals surface area contributed by atoms with Crippen molar-refractivity contribution >= 4 is 16.8 Å². The molecule has 0 spiro atoms. The first kappa shape index (κ1) is 23.1. The third-order valence-corrected chi connectivity index (χ3v) is 6.51. The minimum absolute atomic E-state index is 0.0112. The van der Waals surface area contributed by atoms with Crippen LogP contribution in [-0.2, 0) is 17.8 Å². The van der Waals surface area contributed by atoms with E-state index in [0.717, 1.165) is 34.3 Å². The normalized spacial score (nSPS) is 16.3. The Balaban J connectivity index is 1.28. The van der Waals surface area contributed by atoms with Crippen LogP contribution in [-0.4, -0.2) is 47.3 Å². The monoisotopic (exact) mass is 471 g/mol. The maximum Gasteiger partial charge on any atom is 0.254 e. The second kappa shape index (κ2) is 10.3. The van der Waals surface area contributed by atoms with Crippen LogP contribution in [0.25, 0.3) is 10.9 Å². The van der Waals surface area contributed by atoms with Gasteiger partial charge in [-0.05, 0) is 56.2 Å². The van der Waals surface area contributed by atoms with Crippen LogP contribution in [0.5, 0.6) is 5.75 Å². The summed E-state index contributed by atoms with van der Waals surface area (Å²) in [7, 11) is 0. The molecule has 0 unspecified atom stereocenters. The molecule has 4 aromatic rings. The van der Waals surface area contributed by atoms with Gasteiger partial charge in [-0.15, -0.1) is 0 Å².